The molecule has 0 amide bonds. The summed E-state index contributed by atoms with van der Waals surface area (Å²) < 4.78 is 11.3. The average molecular weight is 387 g/mol. The molecule has 0 aliphatic carbocycles. The van der Waals surface area contributed by atoms with Gasteiger partial charge in [0.25, 0.3) is 6.47 Å². The number of carbonyl (C=O) groups excluding carboxylic acids is 1. The van der Waals surface area contributed by atoms with Crippen molar-refractivity contribution in [2.45, 2.75) is 38.9 Å². The molecule has 2 unspecified atom stereocenters. The first-order valence-electron chi connectivity index (χ1n) is 8.93. The second-order valence-corrected chi connectivity index (χ2v) is 6.93. The standard InChI is InChI=1S/C21H23ClN2O3/c1-3-19(15-6-4-5-7-18(15)23)27-20-9-8-17(22)21-16(20)11-14(24-21)10-13(2)26-12-25/h4-9,11-13,19,24H,3,10,23H2,1-2H3. The number of aromatic amines is 1. The quantitative estimate of drug-likeness (QED) is 0.420. The van der Waals surface area contributed by atoms with Gasteiger partial charge in [-0.2, -0.15) is 0 Å². The topological polar surface area (TPSA) is 77.3 Å². The van der Waals surface area contributed by atoms with Gasteiger partial charge in [0.1, 0.15) is 18.0 Å². The molecule has 0 spiro atoms. The highest BCUT2D eigenvalue weighted by Crippen LogP contribution is 2.36. The summed E-state index contributed by atoms with van der Waals surface area (Å²) in [5.41, 5.74) is 9.53. The Morgan fingerprint density at radius 1 is 1.26 bits per heavy atom. The molecule has 0 aliphatic rings. The summed E-state index contributed by atoms with van der Waals surface area (Å²) in [7, 11) is 0. The van der Waals surface area contributed by atoms with Crippen molar-refractivity contribution in [1.29, 1.82) is 0 Å². The summed E-state index contributed by atoms with van der Waals surface area (Å²) in [5.74, 6) is 0.732. The number of nitrogens with one attached hydrogen (secondary N) is 1. The molecule has 5 nitrogen and oxygen atoms in total. The van der Waals surface area contributed by atoms with Crippen LogP contribution in [-0.4, -0.2) is 17.6 Å². The number of benzene rings is 2. The number of carbonyl (C=O) groups is 1. The Balaban J connectivity index is 1.94. The Morgan fingerprint density at radius 3 is 2.74 bits per heavy atom. The number of aromatic nitrogens is 1. The highest BCUT2D eigenvalue weighted by molar-refractivity contribution is 6.35. The zero-order valence-electron chi connectivity index (χ0n) is 15.4. The molecule has 3 aromatic rings. The second kappa shape index (κ2) is 8.35. The van der Waals surface area contributed by atoms with Crippen molar-refractivity contribution in [2.24, 2.45) is 0 Å². The van der Waals surface area contributed by atoms with E-state index in [2.05, 4.69) is 11.9 Å². The molecule has 27 heavy (non-hydrogen) atoms. The minimum Gasteiger partial charge on any atom is -0.485 e. The van der Waals surface area contributed by atoms with Gasteiger partial charge in [-0.3, -0.25) is 4.79 Å². The van der Waals surface area contributed by atoms with Gasteiger partial charge in [0.2, 0.25) is 0 Å². The third-order valence-corrected chi connectivity index (χ3v) is 4.85. The van der Waals surface area contributed by atoms with E-state index in [1.165, 1.54) is 0 Å². The van der Waals surface area contributed by atoms with Crippen molar-refractivity contribution in [3.63, 3.8) is 0 Å². The summed E-state index contributed by atoms with van der Waals surface area (Å²) >= 11 is 6.36. The first-order valence-corrected chi connectivity index (χ1v) is 9.31. The fourth-order valence-corrected chi connectivity index (χ4v) is 3.42. The molecule has 0 saturated carbocycles. The number of ether oxygens (including phenoxy) is 2. The van der Waals surface area contributed by atoms with Gasteiger partial charge in [-0.25, -0.2) is 0 Å². The zero-order chi connectivity index (χ0) is 19.4. The van der Waals surface area contributed by atoms with E-state index < -0.39 is 0 Å². The Labute approximate surface area is 163 Å². The molecule has 1 aromatic heterocycles. The normalized spacial score (nSPS) is 13.3. The lowest BCUT2D eigenvalue weighted by Crippen LogP contribution is -2.10. The fraction of sp³-hybridized carbons (Fsp3) is 0.286. The molecule has 2 aromatic carbocycles. The van der Waals surface area contributed by atoms with Crippen molar-refractivity contribution >= 4 is 34.7 Å². The van der Waals surface area contributed by atoms with Crippen LogP contribution >= 0.6 is 11.6 Å². The van der Waals surface area contributed by atoms with Crippen molar-refractivity contribution in [1.82, 2.24) is 4.98 Å². The number of halogens is 1. The number of H-pyrrole nitrogens is 1. The van der Waals surface area contributed by atoms with Crippen molar-refractivity contribution in [3.05, 3.63) is 58.7 Å². The summed E-state index contributed by atoms with van der Waals surface area (Å²) in [6, 6.07) is 13.4. The smallest absolute Gasteiger partial charge is 0.293 e. The molecule has 0 bridgehead atoms. The first kappa shape index (κ1) is 19.1. The van der Waals surface area contributed by atoms with Gasteiger partial charge in [0.05, 0.1) is 10.5 Å². The maximum Gasteiger partial charge on any atom is 0.293 e. The zero-order valence-corrected chi connectivity index (χ0v) is 16.1. The van der Waals surface area contributed by atoms with E-state index in [1.54, 1.807) is 0 Å². The SMILES string of the molecule is CCC(Oc1ccc(Cl)c2[nH]c(CC(C)OC=O)cc12)c1ccccc1N. The van der Waals surface area contributed by atoms with E-state index in [9.17, 15) is 4.79 Å². The molecule has 0 aliphatic heterocycles. The molecule has 0 fully saturated rings. The fourth-order valence-electron chi connectivity index (χ4n) is 3.20. The molecule has 0 saturated heterocycles. The van der Waals surface area contributed by atoms with Crippen LogP contribution in [-0.2, 0) is 16.0 Å². The molecular formula is C21H23ClN2O3. The Morgan fingerprint density at radius 2 is 2.04 bits per heavy atom. The van der Waals surface area contributed by atoms with Crippen LogP contribution in [0.1, 0.15) is 37.6 Å². The lowest BCUT2D eigenvalue weighted by Gasteiger charge is -2.20. The van der Waals surface area contributed by atoms with Crippen LogP contribution < -0.4 is 10.5 Å². The second-order valence-electron chi connectivity index (χ2n) is 6.52. The summed E-state index contributed by atoms with van der Waals surface area (Å²) in [6.45, 7) is 4.36. The van der Waals surface area contributed by atoms with Gasteiger partial charge in [-0.1, -0.05) is 36.7 Å². The highest BCUT2D eigenvalue weighted by atomic mass is 35.5. The van der Waals surface area contributed by atoms with Gasteiger partial charge in [-0.05, 0) is 37.6 Å². The van der Waals surface area contributed by atoms with Gasteiger partial charge in [0, 0.05) is 28.8 Å². The lowest BCUT2D eigenvalue weighted by molar-refractivity contribution is -0.132. The highest BCUT2D eigenvalue weighted by Gasteiger charge is 2.18. The minimum absolute atomic E-state index is 0.161. The number of nitrogen functional groups attached to an aromatic ring is 1. The molecular weight excluding hydrogens is 364 g/mol. The molecule has 2 atom stereocenters. The monoisotopic (exact) mass is 386 g/mol. The Bertz CT molecular complexity index is 938. The number of fused-ring (bicyclic) bond motifs is 1. The van der Waals surface area contributed by atoms with Crippen LogP contribution in [0.2, 0.25) is 5.02 Å². The Hall–Kier alpha value is -2.66. The van der Waals surface area contributed by atoms with Crippen molar-refractivity contribution < 1.29 is 14.3 Å². The predicted octanol–water partition coefficient (Wildman–Crippen LogP) is 5.04. The molecule has 142 valence electrons. The summed E-state index contributed by atoms with van der Waals surface area (Å²) in [4.78, 5) is 13.8. The lowest BCUT2D eigenvalue weighted by atomic mass is 10.0. The van der Waals surface area contributed by atoms with Gasteiger partial charge >= 0.3 is 0 Å². The third kappa shape index (κ3) is 4.19. The van der Waals surface area contributed by atoms with Crippen LogP contribution in [0.25, 0.3) is 10.9 Å². The summed E-state index contributed by atoms with van der Waals surface area (Å²) in [5, 5.41) is 1.50. The minimum atomic E-state index is -0.230. The van der Waals surface area contributed by atoms with Crippen LogP contribution in [0.15, 0.2) is 42.5 Å². The maximum atomic E-state index is 10.5. The number of hydrogen-bond donors (Lipinski definition) is 2. The first-order chi connectivity index (χ1) is 13.0. The average Bonchev–Trinajstić information content (AvgIpc) is 3.07. The summed E-state index contributed by atoms with van der Waals surface area (Å²) in [6.07, 6.45) is 0.948. The number of nitrogens with two attached hydrogens (primary N) is 1. The van der Waals surface area contributed by atoms with Gasteiger partial charge in [-0.15, -0.1) is 0 Å². The number of hydrogen-bond acceptors (Lipinski definition) is 4. The van der Waals surface area contributed by atoms with E-state index >= 15 is 0 Å². The largest absolute Gasteiger partial charge is 0.485 e. The van der Waals surface area contributed by atoms with Crippen molar-refractivity contribution in [3.8, 4) is 5.75 Å². The van der Waals surface area contributed by atoms with E-state index in [0.29, 0.717) is 23.6 Å². The van der Waals surface area contributed by atoms with Crippen molar-refractivity contribution in [2.75, 3.05) is 5.73 Å². The van der Waals surface area contributed by atoms with Crippen LogP contribution in [0.4, 0.5) is 5.69 Å². The van der Waals surface area contributed by atoms with Crippen LogP contribution in [0.5, 0.6) is 5.75 Å². The van der Waals surface area contributed by atoms with Gasteiger partial charge < -0.3 is 20.2 Å². The van der Waals surface area contributed by atoms with E-state index in [-0.39, 0.29) is 12.2 Å². The van der Waals surface area contributed by atoms with E-state index in [0.717, 1.165) is 34.3 Å². The molecule has 3 rings (SSSR count). The molecule has 6 heteroatoms. The number of anilines is 1. The van der Waals surface area contributed by atoms with Crippen LogP contribution in [0.3, 0.4) is 0 Å². The number of rotatable bonds is 8. The van der Waals surface area contributed by atoms with E-state index in [1.807, 2.05) is 49.4 Å². The Kier molecular flexibility index (Phi) is 5.91. The maximum absolute atomic E-state index is 10.5. The third-order valence-electron chi connectivity index (χ3n) is 4.54. The molecule has 0 radical (unpaired) electrons. The molecule has 1 heterocycles. The molecule has 3 N–H and O–H groups in total. The van der Waals surface area contributed by atoms with E-state index in [4.69, 9.17) is 26.8 Å². The van der Waals surface area contributed by atoms with Gasteiger partial charge in [0.15, 0.2) is 0 Å². The number of para-hydroxylation sites is 1. The van der Waals surface area contributed by atoms with Crippen LogP contribution in [0, 0.1) is 0 Å². The predicted molar refractivity (Wildman–Crippen MR) is 108 cm³/mol.